The van der Waals surface area contributed by atoms with E-state index in [2.05, 4.69) is 40.8 Å². The molecular weight excluding hydrogens is 374 g/mol. The lowest BCUT2D eigenvalue weighted by atomic mass is 10.1. The maximum absolute atomic E-state index is 13.2. The van der Waals surface area contributed by atoms with E-state index in [1.54, 1.807) is 28.6 Å². The Hall–Kier alpha value is -2.42. The van der Waals surface area contributed by atoms with Crippen molar-refractivity contribution in [3.63, 3.8) is 0 Å². The fraction of sp³-hybridized carbons (Fsp3) is 0.400. The molecule has 1 aliphatic rings. The Morgan fingerprint density at radius 1 is 1.25 bits per heavy atom. The summed E-state index contributed by atoms with van der Waals surface area (Å²) in [6.45, 7) is 8.69. The van der Waals surface area contributed by atoms with Crippen LogP contribution in [0.25, 0.3) is 10.2 Å². The van der Waals surface area contributed by atoms with Crippen LogP contribution in [-0.2, 0) is 4.74 Å². The molecule has 0 N–H and O–H groups in total. The number of ether oxygens (including phenoxy) is 1. The minimum Gasteiger partial charge on any atom is -0.379 e. The number of carbonyl (C=O) groups excluding carboxylic acids is 1. The molecule has 3 aromatic rings. The van der Waals surface area contributed by atoms with E-state index < -0.39 is 0 Å². The van der Waals surface area contributed by atoms with Crippen LogP contribution < -0.4 is 4.90 Å². The van der Waals surface area contributed by atoms with Gasteiger partial charge in [-0.05, 0) is 31.0 Å². The van der Waals surface area contributed by atoms with Crippen molar-refractivity contribution in [3.05, 3.63) is 47.5 Å². The van der Waals surface area contributed by atoms with Crippen molar-refractivity contribution in [2.24, 2.45) is 0 Å². The highest BCUT2D eigenvalue weighted by Crippen LogP contribution is 2.32. The number of thiazole rings is 1. The van der Waals surface area contributed by atoms with Crippen LogP contribution >= 0.6 is 11.3 Å². The van der Waals surface area contributed by atoms with E-state index in [1.807, 2.05) is 0 Å². The molecule has 1 aliphatic heterocycles. The number of fused-ring (bicyclic) bond motifs is 1. The number of hydrogen-bond donors (Lipinski definition) is 0. The molecule has 3 heterocycles. The zero-order chi connectivity index (χ0) is 19.5. The van der Waals surface area contributed by atoms with Gasteiger partial charge < -0.3 is 4.74 Å². The zero-order valence-electron chi connectivity index (χ0n) is 16.1. The van der Waals surface area contributed by atoms with Gasteiger partial charge in [-0.25, -0.2) is 9.97 Å². The quantitative estimate of drug-likeness (QED) is 0.659. The molecule has 1 fully saturated rings. The minimum absolute atomic E-state index is 0.171. The van der Waals surface area contributed by atoms with Gasteiger partial charge in [-0.15, -0.1) is 0 Å². The van der Waals surface area contributed by atoms with Crippen molar-refractivity contribution in [2.45, 2.75) is 13.8 Å². The fourth-order valence-electron chi connectivity index (χ4n) is 3.38. The molecule has 0 spiro atoms. The molecule has 146 valence electrons. The predicted octanol–water partition coefficient (Wildman–Crippen LogP) is 2.68. The predicted molar refractivity (Wildman–Crippen MR) is 110 cm³/mol. The van der Waals surface area contributed by atoms with Gasteiger partial charge in [-0.2, -0.15) is 0 Å². The summed E-state index contributed by atoms with van der Waals surface area (Å²) in [5.41, 5.74) is 3.61. The Morgan fingerprint density at radius 3 is 2.82 bits per heavy atom. The van der Waals surface area contributed by atoms with Gasteiger partial charge in [0, 0.05) is 38.6 Å². The van der Waals surface area contributed by atoms with E-state index in [1.165, 1.54) is 17.3 Å². The van der Waals surface area contributed by atoms with Crippen LogP contribution in [0.1, 0.15) is 21.6 Å². The van der Waals surface area contributed by atoms with Crippen molar-refractivity contribution >= 4 is 32.6 Å². The standard InChI is InChI=1S/C20H23N5O2S/c1-14-11-15(2)18-16(12-14)23-20(28-18)25(6-5-24-7-9-27-10-8-24)19(26)17-13-21-3-4-22-17/h3-4,11-13H,5-10H2,1-2H3. The van der Waals surface area contributed by atoms with Crippen molar-refractivity contribution < 1.29 is 9.53 Å². The van der Waals surface area contributed by atoms with Crippen LogP contribution in [0, 0.1) is 13.8 Å². The Kier molecular flexibility index (Phi) is 5.61. The zero-order valence-corrected chi connectivity index (χ0v) is 16.9. The molecule has 0 aliphatic carbocycles. The smallest absolute Gasteiger partial charge is 0.280 e. The van der Waals surface area contributed by atoms with Gasteiger partial charge in [0.2, 0.25) is 0 Å². The summed E-state index contributed by atoms with van der Waals surface area (Å²) in [5, 5.41) is 0.701. The first-order valence-corrected chi connectivity index (χ1v) is 10.2. The molecule has 1 aromatic carbocycles. The highest BCUT2D eigenvalue weighted by Gasteiger charge is 2.24. The highest BCUT2D eigenvalue weighted by molar-refractivity contribution is 7.22. The second-order valence-corrected chi connectivity index (χ2v) is 7.91. The molecule has 8 heteroatoms. The van der Waals surface area contributed by atoms with Gasteiger partial charge >= 0.3 is 0 Å². The van der Waals surface area contributed by atoms with Crippen LogP contribution in [-0.4, -0.2) is 65.2 Å². The lowest BCUT2D eigenvalue weighted by molar-refractivity contribution is 0.0391. The first kappa shape index (κ1) is 18.9. The van der Waals surface area contributed by atoms with Crippen molar-refractivity contribution in [3.8, 4) is 0 Å². The van der Waals surface area contributed by atoms with E-state index in [0.717, 1.165) is 43.1 Å². The summed E-state index contributed by atoms with van der Waals surface area (Å²) in [6, 6.07) is 4.21. The molecule has 7 nitrogen and oxygen atoms in total. The highest BCUT2D eigenvalue weighted by atomic mass is 32.1. The van der Waals surface area contributed by atoms with E-state index in [0.29, 0.717) is 17.4 Å². The maximum atomic E-state index is 13.2. The number of amides is 1. The Morgan fingerprint density at radius 2 is 2.07 bits per heavy atom. The van der Waals surface area contributed by atoms with Crippen LogP contribution in [0.3, 0.4) is 0 Å². The molecule has 0 bridgehead atoms. The number of rotatable bonds is 5. The first-order chi connectivity index (χ1) is 13.6. The first-order valence-electron chi connectivity index (χ1n) is 9.37. The number of nitrogens with zero attached hydrogens (tertiary/aromatic N) is 5. The summed E-state index contributed by atoms with van der Waals surface area (Å²) in [4.78, 5) is 30.3. The summed E-state index contributed by atoms with van der Waals surface area (Å²) in [7, 11) is 0. The van der Waals surface area contributed by atoms with Crippen LogP contribution in [0.2, 0.25) is 0 Å². The SMILES string of the molecule is Cc1cc(C)c2sc(N(CCN3CCOCC3)C(=O)c3cnccn3)nc2c1. The average Bonchev–Trinajstić information content (AvgIpc) is 3.13. The molecule has 0 radical (unpaired) electrons. The largest absolute Gasteiger partial charge is 0.379 e. The Labute approximate surface area is 168 Å². The topological polar surface area (TPSA) is 71.5 Å². The second-order valence-electron chi connectivity index (χ2n) is 6.93. The normalized spacial score (nSPS) is 15.1. The van der Waals surface area contributed by atoms with E-state index >= 15 is 0 Å². The van der Waals surface area contributed by atoms with Crippen molar-refractivity contribution in [2.75, 3.05) is 44.3 Å². The van der Waals surface area contributed by atoms with Gasteiger partial charge in [0.25, 0.3) is 5.91 Å². The number of morpholine rings is 1. The third-order valence-corrected chi connectivity index (χ3v) is 6.04. The molecular formula is C20H23N5O2S. The van der Waals surface area contributed by atoms with Gasteiger partial charge in [-0.3, -0.25) is 19.6 Å². The summed E-state index contributed by atoms with van der Waals surface area (Å²) < 4.78 is 6.54. The van der Waals surface area contributed by atoms with Crippen LogP contribution in [0.15, 0.2) is 30.7 Å². The number of benzene rings is 1. The van der Waals surface area contributed by atoms with Gasteiger partial charge in [0.15, 0.2) is 5.13 Å². The maximum Gasteiger partial charge on any atom is 0.280 e. The molecule has 0 atom stereocenters. The van der Waals surface area contributed by atoms with Crippen molar-refractivity contribution in [1.29, 1.82) is 0 Å². The lowest BCUT2D eigenvalue weighted by Crippen LogP contribution is -2.43. The molecule has 1 amide bonds. The van der Waals surface area contributed by atoms with E-state index in [9.17, 15) is 4.79 Å². The third kappa shape index (κ3) is 4.04. The summed E-state index contributed by atoms with van der Waals surface area (Å²) in [5.74, 6) is -0.171. The molecule has 0 unspecified atom stereocenters. The average molecular weight is 398 g/mol. The fourth-order valence-corrected chi connectivity index (χ4v) is 4.42. The molecule has 28 heavy (non-hydrogen) atoms. The third-order valence-electron chi connectivity index (χ3n) is 4.81. The molecule has 2 aromatic heterocycles. The minimum atomic E-state index is -0.171. The van der Waals surface area contributed by atoms with Crippen molar-refractivity contribution in [1.82, 2.24) is 19.9 Å². The lowest BCUT2D eigenvalue weighted by Gasteiger charge is -2.29. The number of anilines is 1. The van der Waals surface area contributed by atoms with Gasteiger partial charge in [-0.1, -0.05) is 17.4 Å². The number of aryl methyl sites for hydroxylation is 2. The summed E-state index contributed by atoms with van der Waals surface area (Å²) >= 11 is 1.55. The second kappa shape index (κ2) is 8.30. The Balaban J connectivity index is 1.65. The van der Waals surface area contributed by atoms with Crippen LogP contribution in [0.4, 0.5) is 5.13 Å². The molecule has 0 saturated carbocycles. The van der Waals surface area contributed by atoms with E-state index in [4.69, 9.17) is 9.72 Å². The van der Waals surface area contributed by atoms with E-state index in [-0.39, 0.29) is 5.91 Å². The van der Waals surface area contributed by atoms with Crippen LogP contribution in [0.5, 0.6) is 0 Å². The number of hydrogen-bond acceptors (Lipinski definition) is 7. The molecule has 1 saturated heterocycles. The van der Waals surface area contributed by atoms with Gasteiger partial charge in [0.1, 0.15) is 5.69 Å². The summed E-state index contributed by atoms with van der Waals surface area (Å²) in [6.07, 6.45) is 4.62. The van der Waals surface area contributed by atoms with Gasteiger partial charge in [0.05, 0.1) is 29.6 Å². The molecule has 4 rings (SSSR count). The monoisotopic (exact) mass is 397 g/mol. The number of carbonyl (C=O) groups is 1. The Bertz CT molecular complexity index is 969. The number of aromatic nitrogens is 3.